The van der Waals surface area contributed by atoms with Crippen molar-refractivity contribution in [3.05, 3.63) is 93.5 Å². The number of fused-ring (bicyclic) bond motifs is 2. The first-order valence-electron chi connectivity index (χ1n) is 15.7. The van der Waals surface area contributed by atoms with E-state index < -0.39 is 152 Å². The maximum atomic E-state index is 15.2. The number of ether oxygens (including phenoxy) is 1. The largest absolute Gasteiger partial charge is 0.481 e. The van der Waals surface area contributed by atoms with Crippen LogP contribution in [0, 0.1) is 23.2 Å². The molecule has 2 aliphatic rings. The van der Waals surface area contributed by atoms with Crippen molar-refractivity contribution in [3.8, 4) is 11.5 Å². The minimum absolute atomic E-state index is 0.470. The number of rotatable bonds is 10. The molecule has 0 amide bonds. The van der Waals surface area contributed by atoms with E-state index in [0.29, 0.717) is 24.3 Å². The van der Waals surface area contributed by atoms with Gasteiger partial charge in [0.15, 0.2) is 0 Å². The van der Waals surface area contributed by atoms with Gasteiger partial charge in [0, 0.05) is 11.1 Å². The molecule has 1 heterocycles. The van der Waals surface area contributed by atoms with E-state index in [0.717, 1.165) is 12.1 Å². The molecule has 58 heavy (non-hydrogen) atoms. The number of aliphatic carboxylic acids is 4. The maximum Gasteiger partial charge on any atom is 0.406 e. The number of hydrogen-bond donors (Lipinski definition) is 8. The third-order valence-corrected chi connectivity index (χ3v) is 9.74. The van der Waals surface area contributed by atoms with Crippen LogP contribution in [0.25, 0.3) is 0 Å². The highest BCUT2D eigenvalue weighted by Crippen LogP contribution is 2.62. The molecule has 1 saturated carbocycles. The molecule has 308 valence electrons. The highest BCUT2D eigenvalue weighted by atomic mass is 19.4. The van der Waals surface area contributed by atoms with Crippen molar-refractivity contribution < 1.29 is 110 Å². The molecule has 1 fully saturated rings. The molecule has 1 aliphatic carbocycles. The molecule has 4 unspecified atom stereocenters. The summed E-state index contributed by atoms with van der Waals surface area (Å²) in [5.41, 5.74) is -12.7. The summed E-state index contributed by atoms with van der Waals surface area (Å²) in [7, 11) is 0. The topological polar surface area (TPSA) is 308 Å². The number of carbonyl (C=O) groups is 8. The van der Waals surface area contributed by atoms with Crippen LogP contribution < -0.4 is 4.74 Å². The third kappa shape index (κ3) is 7.05. The van der Waals surface area contributed by atoms with Crippen LogP contribution >= 0.6 is 0 Å². The van der Waals surface area contributed by atoms with Crippen molar-refractivity contribution >= 4 is 47.8 Å². The van der Waals surface area contributed by atoms with E-state index in [4.69, 9.17) is 25.2 Å². The van der Waals surface area contributed by atoms with Gasteiger partial charge in [0.1, 0.15) is 22.3 Å². The van der Waals surface area contributed by atoms with Gasteiger partial charge in [0.25, 0.3) is 0 Å². The van der Waals surface area contributed by atoms with Gasteiger partial charge < -0.3 is 45.6 Å². The van der Waals surface area contributed by atoms with Gasteiger partial charge in [-0.05, 0) is 36.2 Å². The van der Waals surface area contributed by atoms with E-state index in [1.165, 1.54) is 18.2 Å². The number of benzene rings is 3. The Labute approximate surface area is 316 Å². The first kappa shape index (κ1) is 43.5. The SMILES string of the molecule is O=C(O)CC1(C(F)(F)F)C(C(=O)O)CC(C(=O)O)C1C(=O)O.O=C(O)c1cc2c(cc1C(=O)O)C(c1ccccc1)(C(F)(F)F)c1cc(C(=O)O)c(C(=O)O)cc1O2. The maximum absolute atomic E-state index is 15.2. The highest BCUT2D eigenvalue weighted by Gasteiger charge is 2.74. The lowest BCUT2D eigenvalue weighted by molar-refractivity contribution is -0.258. The molecule has 0 aromatic heterocycles. The average Bonchev–Trinajstić information content (AvgIpc) is 3.46. The Balaban J connectivity index is 0.000000291. The van der Waals surface area contributed by atoms with Crippen LogP contribution in [0.3, 0.4) is 0 Å². The van der Waals surface area contributed by atoms with Crippen molar-refractivity contribution in [1.82, 2.24) is 0 Å². The fourth-order valence-corrected chi connectivity index (χ4v) is 7.44. The average molecular weight is 831 g/mol. The standard InChI is InChI=1S/C24H13F3O9.C11H11F3O8/c25-24(26,27)23(10-4-2-1-3-5-10)15-6-11(19(28)29)13(21(32)33)8-17(15)36-18-9-14(22(34)35)12(20(30)31)7-16(18)23;12-11(13,14)10(2-5(15)16)4(8(19)20)1-3(7(17)18)6(10)9(21)22/h1-9H,(H,28,29)(H,30,31)(H,32,33)(H,34,35);3-4,6H,1-2H2,(H,15,16)(H,17,18)(H,19,20)(H,21,22). The van der Waals surface area contributed by atoms with E-state index in [1.54, 1.807) is 0 Å². The zero-order valence-electron chi connectivity index (χ0n) is 28.4. The summed E-state index contributed by atoms with van der Waals surface area (Å²) < 4.78 is 91.6. The summed E-state index contributed by atoms with van der Waals surface area (Å²) in [4.78, 5) is 91.0. The fourth-order valence-electron chi connectivity index (χ4n) is 7.44. The summed E-state index contributed by atoms with van der Waals surface area (Å²) in [6.07, 6.45) is -13.8. The first-order chi connectivity index (χ1) is 26.7. The van der Waals surface area contributed by atoms with Crippen LogP contribution in [-0.2, 0) is 24.6 Å². The van der Waals surface area contributed by atoms with Gasteiger partial charge >= 0.3 is 60.1 Å². The van der Waals surface area contributed by atoms with Gasteiger partial charge in [-0.25, -0.2) is 19.2 Å². The van der Waals surface area contributed by atoms with Crippen LogP contribution in [0.15, 0.2) is 54.6 Å². The predicted molar refractivity (Wildman–Crippen MR) is 172 cm³/mol. The van der Waals surface area contributed by atoms with Crippen LogP contribution in [0.5, 0.6) is 11.5 Å². The van der Waals surface area contributed by atoms with Crippen molar-refractivity contribution in [1.29, 1.82) is 0 Å². The van der Waals surface area contributed by atoms with E-state index in [2.05, 4.69) is 0 Å². The first-order valence-corrected chi connectivity index (χ1v) is 15.7. The summed E-state index contributed by atoms with van der Waals surface area (Å²) >= 11 is 0. The fraction of sp³-hybridized carbons (Fsp3) is 0.257. The quantitative estimate of drug-likeness (QED) is 0.125. The summed E-state index contributed by atoms with van der Waals surface area (Å²) in [5, 5.41) is 73.5. The number of hydrogen-bond acceptors (Lipinski definition) is 9. The number of halogens is 6. The van der Waals surface area contributed by atoms with E-state index in [-0.39, 0.29) is 0 Å². The number of carboxylic acids is 8. The Kier molecular flexibility index (Phi) is 11.3. The second kappa shape index (κ2) is 15.0. The number of alkyl halides is 6. The van der Waals surface area contributed by atoms with E-state index in [9.17, 15) is 72.0 Å². The Hall–Kier alpha value is -7.20. The molecule has 0 bridgehead atoms. The molecule has 17 nitrogen and oxygen atoms in total. The van der Waals surface area contributed by atoms with Crippen LogP contribution in [0.2, 0.25) is 0 Å². The second-order valence-electron chi connectivity index (χ2n) is 12.7. The lowest BCUT2D eigenvalue weighted by atomic mass is 9.66. The van der Waals surface area contributed by atoms with E-state index >= 15 is 13.2 Å². The minimum Gasteiger partial charge on any atom is -0.481 e. The molecular weight excluding hydrogens is 806 g/mol. The zero-order valence-corrected chi connectivity index (χ0v) is 28.4. The third-order valence-electron chi connectivity index (χ3n) is 9.74. The summed E-state index contributed by atoms with van der Waals surface area (Å²) in [6, 6.07) is 8.37. The van der Waals surface area contributed by atoms with Crippen LogP contribution in [-0.4, -0.2) is 101 Å². The Morgan fingerprint density at radius 2 is 1.00 bits per heavy atom. The molecule has 8 N–H and O–H groups in total. The van der Waals surface area contributed by atoms with Gasteiger partial charge in [-0.3, -0.25) is 19.2 Å². The van der Waals surface area contributed by atoms with E-state index in [1.807, 2.05) is 0 Å². The van der Waals surface area contributed by atoms with Gasteiger partial charge in [-0.2, -0.15) is 26.3 Å². The van der Waals surface area contributed by atoms with Gasteiger partial charge in [-0.1, -0.05) is 30.3 Å². The Morgan fingerprint density at radius 1 is 0.586 bits per heavy atom. The lowest BCUT2D eigenvalue weighted by Crippen LogP contribution is -2.53. The summed E-state index contributed by atoms with van der Waals surface area (Å²) in [6.45, 7) is 0. The van der Waals surface area contributed by atoms with Crippen LogP contribution in [0.4, 0.5) is 26.3 Å². The molecule has 3 aromatic carbocycles. The molecule has 3 aromatic rings. The molecular formula is C35H24F6O17. The Bertz CT molecular complexity index is 2190. The van der Waals surface area contributed by atoms with Crippen molar-refractivity contribution in [2.45, 2.75) is 30.6 Å². The van der Waals surface area contributed by atoms with Gasteiger partial charge in [0.05, 0.1) is 46.4 Å². The van der Waals surface area contributed by atoms with Crippen LogP contribution in [0.1, 0.15) is 71.0 Å². The van der Waals surface area contributed by atoms with Gasteiger partial charge in [0.2, 0.25) is 0 Å². The predicted octanol–water partition coefficient (Wildman–Crippen LogP) is 5.00. The number of carboxylic acid groups (broad SMARTS) is 8. The Morgan fingerprint density at radius 3 is 1.31 bits per heavy atom. The van der Waals surface area contributed by atoms with Crippen molar-refractivity contribution in [3.63, 3.8) is 0 Å². The molecule has 0 saturated heterocycles. The van der Waals surface area contributed by atoms with Crippen molar-refractivity contribution in [2.24, 2.45) is 23.2 Å². The smallest absolute Gasteiger partial charge is 0.406 e. The normalized spacial score (nSPS) is 20.5. The van der Waals surface area contributed by atoms with Crippen molar-refractivity contribution in [2.75, 3.05) is 0 Å². The molecule has 0 radical (unpaired) electrons. The minimum atomic E-state index is -5.53. The molecule has 23 heteroatoms. The highest BCUT2D eigenvalue weighted by molar-refractivity contribution is 6.04. The molecule has 4 atom stereocenters. The monoisotopic (exact) mass is 830 g/mol. The molecule has 5 rings (SSSR count). The van der Waals surface area contributed by atoms with Gasteiger partial charge in [-0.15, -0.1) is 0 Å². The molecule has 0 spiro atoms. The molecule has 1 aliphatic heterocycles. The lowest BCUT2D eigenvalue weighted by Gasteiger charge is -2.42. The number of aromatic carboxylic acids is 4. The zero-order chi connectivity index (χ0) is 44.0. The second-order valence-corrected chi connectivity index (χ2v) is 12.7. The summed E-state index contributed by atoms with van der Waals surface area (Å²) in [5.74, 6) is -24.2.